The molecule has 1 amide bonds. The van der Waals surface area contributed by atoms with Crippen LogP contribution in [0.5, 0.6) is 5.75 Å². The van der Waals surface area contributed by atoms with Gasteiger partial charge in [-0.15, -0.1) is 12.4 Å². The summed E-state index contributed by atoms with van der Waals surface area (Å²) in [6.45, 7) is 0. The second-order valence-electron chi connectivity index (χ2n) is 2.51. The zero-order chi connectivity index (χ0) is 10.7. The third-order valence-electron chi connectivity index (χ3n) is 1.41. The fourth-order valence-electron chi connectivity index (χ4n) is 0.855. The number of hydrogen-bond donors (Lipinski definition) is 3. The normalized spacial score (nSPS) is 8.87. The SMILES string of the molecule is Cl.NC(N)=NC(=O)c1ccc(O)cc1Cl. The number of phenolic OH excluding ortho intramolecular Hbond substituents is 1. The Balaban J connectivity index is 0.00000196. The number of carbonyl (C=O) groups is 1. The van der Waals surface area contributed by atoms with Crippen LogP contribution in [-0.2, 0) is 0 Å². The Morgan fingerprint density at radius 2 is 2.00 bits per heavy atom. The maximum Gasteiger partial charge on any atom is 0.281 e. The molecular formula is C8H9Cl2N3O2. The fraction of sp³-hybridized carbons (Fsp3) is 0. The zero-order valence-electron chi connectivity index (χ0n) is 7.48. The molecule has 0 spiro atoms. The highest BCUT2D eigenvalue weighted by Gasteiger charge is 2.09. The zero-order valence-corrected chi connectivity index (χ0v) is 9.05. The summed E-state index contributed by atoms with van der Waals surface area (Å²) >= 11 is 5.68. The number of hydrogen-bond acceptors (Lipinski definition) is 2. The van der Waals surface area contributed by atoms with Gasteiger partial charge in [-0.2, -0.15) is 4.99 Å². The van der Waals surface area contributed by atoms with Crippen LogP contribution in [0.15, 0.2) is 23.2 Å². The van der Waals surface area contributed by atoms with E-state index in [0.29, 0.717) is 0 Å². The Morgan fingerprint density at radius 1 is 1.40 bits per heavy atom. The molecule has 5 nitrogen and oxygen atoms in total. The summed E-state index contributed by atoms with van der Waals surface area (Å²) in [5, 5.41) is 9.12. The first-order valence-electron chi connectivity index (χ1n) is 3.63. The van der Waals surface area contributed by atoms with Gasteiger partial charge >= 0.3 is 0 Å². The van der Waals surface area contributed by atoms with Gasteiger partial charge in [0.25, 0.3) is 5.91 Å². The largest absolute Gasteiger partial charge is 0.508 e. The van der Waals surface area contributed by atoms with Gasteiger partial charge in [0.2, 0.25) is 0 Å². The Bertz CT molecular complexity index is 403. The highest BCUT2D eigenvalue weighted by atomic mass is 35.5. The van der Waals surface area contributed by atoms with Gasteiger partial charge in [-0.3, -0.25) is 4.79 Å². The lowest BCUT2D eigenvalue weighted by Gasteiger charge is -1.99. The van der Waals surface area contributed by atoms with Gasteiger partial charge in [0, 0.05) is 0 Å². The van der Waals surface area contributed by atoms with Crippen molar-refractivity contribution in [3.63, 3.8) is 0 Å². The molecule has 0 fully saturated rings. The van der Waals surface area contributed by atoms with Crippen molar-refractivity contribution in [2.45, 2.75) is 0 Å². The lowest BCUT2D eigenvalue weighted by atomic mass is 10.2. The molecule has 0 aliphatic carbocycles. The third-order valence-corrected chi connectivity index (χ3v) is 1.73. The average molecular weight is 250 g/mol. The smallest absolute Gasteiger partial charge is 0.281 e. The Labute approximate surface area is 97.1 Å². The predicted octanol–water partition coefficient (Wildman–Crippen LogP) is 0.881. The predicted molar refractivity (Wildman–Crippen MR) is 60.5 cm³/mol. The van der Waals surface area contributed by atoms with Crippen molar-refractivity contribution in [3.8, 4) is 5.75 Å². The number of aromatic hydroxyl groups is 1. The lowest BCUT2D eigenvalue weighted by molar-refractivity contribution is 0.100. The summed E-state index contributed by atoms with van der Waals surface area (Å²) in [6.07, 6.45) is 0. The molecule has 0 bridgehead atoms. The minimum absolute atomic E-state index is 0. The molecule has 0 aliphatic rings. The van der Waals surface area contributed by atoms with E-state index in [9.17, 15) is 4.79 Å². The van der Waals surface area contributed by atoms with Crippen LogP contribution in [0.1, 0.15) is 10.4 Å². The van der Waals surface area contributed by atoms with Crippen LogP contribution in [0.25, 0.3) is 0 Å². The summed E-state index contributed by atoms with van der Waals surface area (Å²) in [7, 11) is 0. The van der Waals surface area contributed by atoms with E-state index in [1.807, 2.05) is 0 Å². The van der Waals surface area contributed by atoms with E-state index in [-0.39, 0.29) is 34.7 Å². The van der Waals surface area contributed by atoms with E-state index < -0.39 is 5.91 Å². The number of nitrogens with two attached hydrogens (primary N) is 2. The van der Waals surface area contributed by atoms with Crippen LogP contribution in [0.3, 0.4) is 0 Å². The van der Waals surface area contributed by atoms with Crippen LogP contribution in [0, 0.1) is 0 Å². The molecular weight excluding hydrogens is 241 g/mol. The van der Waals surface area contributed by atoms with Gasteiger partial charge in [0.1, 0.15) is 5.75 Å². The number of amides is 1. The lowest BCUT2D eigenvalue weighted by Crippen LogP contribution is -2.24. The van der Waals surface area contributed by atoms with E-state index in [1.165, 1.54) is 18.2 Å². The molecule has 1 aromatic rings. The second kappa shape index (κ2) is 5.43. The van der Waals surface area contributed by atoms with Crippen molar-refractivity contribution in [2.75, 3.05) is 0 Å². The quantitative estimate of drug-likeness (QED) is 0.508. The molecule has 5 N–H and O–H groups in total. The fourth-order valence-corrected chi connectivity index (χ4v) is 1.11. The van der Waals surface area contributed by atoms with Gasteiger partial charge in [0.15, 0.2) is 5.96 Å². The maximum atomic E-state index is 11.3. The average Bonchev–Trinajstić information content (AvgIpc) is 2.01. The summed E-state index contributed by atoms with van der Waals surface area (Å²) in [5.41, 5.74) is 10.2. The molecule has 0 aromatic heterocycles. The van der Waals surface area contributed by atoms with Crippen LogP contribution in [0.4, 0.5) is 0 Å². The molecule has 0 aliphatic heterocycles. The molecule has 0 saturated carbocycles. The van der Waals surface area contributed by atoms with Crippen LogP contribution < -0.4 is 11.5 Å². The van der Waals surface area contributed by atoms with E-state index in [0.717, 1.165) is 0 Å². The first-order chi connectivity index (χ1) is 6.50. The third kappa shape index (κ3) is 3.65. The molecule has 7 heteroatoms. The number of phenols is 1. The number of benzene rings is 1. The number of carbonyl (C=O) groups excluding carboxylic acids is 1. The number of rotatable bonds is 1. The molecule has 0 atom stereocenters. The number of aliphatic imine (C=N–C) groups is 1. The van der Waals surface area contributed by atoms with Gasteiger partial charge < -0.3 is 16.6 Å². The summed E-state index contributed by atoms with van der Waals surface area (Å²) in [6, 6.07) is 3.89. The number of nitrogens with zero attached hydrogens (tertiary/aromatic N) is 1. The van der Waals surface area contributed by atoms with Crippen LogP contribution >= 0.6 is 24.0 Å². The molecule has 0 saturated heterocycles. The molecule has 1 aromatic carbocycles. The minimum atomic E-state index is -0.644. The van der Waals surface area contributed by atoms with E-state index >= 15 is 0 Å². The van der Waals surface area contributed by atoms with Crippen molar-refractivity contribution in [2.24, 2.45) is 16.5 Å². The molecule has 1 rings (SSSR count). The van der Waals surface area contributed by atoms with Gasteiger partial charge in [-0.25, -0.2) is 0 Å². The molecule has 0 radical (unpaired) electrons. The van der Waals surface area contributed by atoms with Gasteiger partial charge in [-0.05, 0) is 18.2 Å². The molecule has 0 unspecified atom stereocenters. The van der Waals surface area contributed by atoms with Crippen molar-refractivity contribution < 1.29 is 9.90 Å². The molecule has 15 heavy (non-hydrogen) atoms. The summed E-state index contributed by atoms with van der Waals surface area (Å²) < 4.78 is 0. The first-order valence-corrected chi connectivity index (χ1v) is 4.01. The van der Waals surface area contributed by atoms with Crippen LogP contribution in [0.2, 0.25) is 5.02 Å². The Kier molecular flexibility index (Phi) is 4.90. The monoisotopic (exact) mass is 249 g/mol. The van der Waals surface area contributed by atoms with Crippen molar-refractivity contribution in [1.82, 2.24) is 0 Å². The molecule has 0 heterocycles. The minimum Gasteiger partial charge on any atom is -0.508 e. The van der Waals surface area contributed by atoms with Crippen molar-refractivity contribution in [3.05, 3.63) is 28.8 Å². The summed E-state index contributed by atoms with van der Waals surface area (Å²) in [4.78, 5) is 14.6. The standard InChI is InChI=1S/C8H8ClN3O2.ClH/c9-6-3-4(13)1-2-5(6)7(14)12-8(10)11;/h1-3,13H,(H4,10,11,12,14);1H. The second-order valence-corrected chi connectivity index (χ2v) is 2.91. The first kappa shape index (κ1) is 13.5. The van der Waals surface area contributed by atoms with Crippen molar-refractivity contribution >= 4 is 35.9 Å². The van der Waals surface area contributed by atoms with Crippen molar-refractivity contribution in [1.29, 1.82) is 0 Å². The topological polar surface area (TPSA) is 102 Å². The van der Waals surface area contributed by atoms with E-state index in [2.05, 4.69) is 4.99 Å². The van der Waals surface area contributed by atoms with E-state index in [4.69, 9.17) is 28.2 Å². The Morgan fingerprint density at radius 3 is 2.47 bits per heavy atom. The molecule has 82 valence electrons. The van der Waals surface area contributed by atoms with Gasteiger partial charge in [0.05, 0.1) is 10.6 Å². The number of halogens is 2. The van der Waals surface area contributed by atoms with Crippen LogP contribution in [-0.4, -0.2) is 17.0 Å². The highest BCUT2D eigenvalue weighted by Crippen LogP contribution is 2.21. The number of guanidine groups is 1. The van der Waals surface area contributed by atoms with E-state index in [1.54, 1.807) is 0 Å². The maximum absolute atomic E-state index is 11.3. The Hall–Kier alpha value is -1.46. The summed E-state index contributed by atoms with van der Waals surface area (Å²) in [5.74, 6) is -1.01. The highest BCUT2D eigenvalue weighted by molar-refractivity contribution is 6.34. The van der Waals surface area contributed by atoms with Gasteiger partial charge in [-0.1, -0.05) is 11.6 Å².